The molecule has 1 aromatic carbocycles. The van der Waals surface area contributed by atoms with Crippen LogP contribution >= 0.6 is 0 Å². The molecule has 2 N–H and O–H groups in total. The highest BCUT2D eigenvalue weighted by atomic mass is 16.5. The van der Waals surface area contributed by atoms with Crippen LogP contribution in [0.2, 0.25) is 0 Å². The molecule has 4 heteroatoms. The summed E-state index contributed by atoms with van der Waals surface area (Å²) in [6.07, 6.45) is 1.74. The molecule has 0 unspecified atom stereocenters. The van der Waals surface area contributed by atoms with E-state index in [0.717, 1.165) is 17.3 Å². The lowest BCUT2D eigenvalue weighted by atomic mass is 10.1. The molecule has 0 bridgehead atoms. The Morgan fingerprint density at radius 1 is 1.35 bits per heavy atom. The minimum absolute atomic E-state index is 0.0271. The van der Waals surface area contributed by atoms with Gasteiger partial charge in [0.1, 0.15) is 12.4 Å². The second-order valence-electron chi connectivity index (χ2n) is 5.51. The number of rotatable bonds is 5. The van der Waals surface area contributed by atoms with Gasteiger partial charge in [-0.1, -0.05) is 30.9 Å². The van der Waals surface area contributed by atoms with Crippen molar-refractivity contribution >= 4 is 5.96 Å². The van der Waals surface area contributed by atoms with Gasteiger partial charge in [-0.25, -0.2) is 0 Å². The highest BCUT2D eigenvalue weighted by molar-refractivity contribution is 5.80. The maximum atomic E-state index is 5.63. The Labute approximate surface area is 121 Å². The van der Waals surface area contributed by atoms with E-state index in [1.165, 1.54) is 0 Å². The fourth-order valence-electron chi connectivity index (χ4n) is 1.65. The van der Waals surface area contributed by atoms with Crippen molar-refractivity contribution in [3.63, 3.8) is 0 Å². The minimum atomic E-state index is -0.0271. The smallest absolute Gasteiger partial charge is 0.191 e. The van der Waals surface area contributed by atoms with Crippen LogP contribution in [-0.4, -0.2) is 25.2 Å². The maximum absolute atomic E-state index is 5.63. The molecule has 0 radical (unpaired) electrons. The van der Waals surface area contributed by atoms with Crippen LogP contribution in [0.4, 0.5) is 0 Å². The van der Waals surface area contributed by atoms with Gasteiger partial charge in [0.05, 0.1) is 0 Å². The van der Waals surface area contributed by atoms with Gasteiger partial charge in [-0.05, 0) is 26.8 Å². The standard InChI is InChI=1S/C16H25N3O/c1-6-11-20-14-10-8-7-9-13(14)12-18-15(17-5)19-16(2,3)4/h6-10H,1,11-12H2,2-5H3,(H2,17,18,19). The Kier molecular flexibility index (Phi) is 6.10. The number of hydrogen-bond donors (Lipinski definition) is 2. The number of hydrogen-bond acceptors (Lipinski definition) is 2. The fourth-order valence-corrected chi connectivity index (χ4v) is 1.65. The molecule has 20 heavy (non-hydrogen) atoms. The molecule has 0 aliphatic heterocycles. The third-order valence-electron chi connectivity index (χ3n) is 2.49. The quantitative estimate of drug-likeness (QED) is 0.493. The second kappa shape index (κ2) is 7.58. The lowest BCUT2D eigenvalue weighted by molar-refractivity contribution is 0.358. The van der Waals surface area contributed by atoms with E-state index in [2.05, 4.69) is 43.0 Å². The van der Waals surface area contributed by atoms with E-state index in [0.29, 0.717) is 13.2 Å². The first kappa shape index (κ1) is 16.1. The van der Waals surface area contributed by atoms with Crippen molar-refractivity contribution in [2.24, 2.45) is 4.99 Å². The normalized spacial score (nSPS) is 11.9. The Hall–Kier alpha value is -1.97. The molecular formula is C16H25N3O. The molecule has 0 amide bonds. The third-order valence-corrected chi connectivity index (χ3v) is 2.49. The first-order chi connectivity index (χ1) is 9.46. The topological polar surface area (TPSA) is 45.6 Å². The van der Waals surface area contributed by atoms with Crippen LogP contribution in [0.1, 0.15) is 26.3 Å². The largest absolute Gasteiger partial charge is 0.489 e. The molecule has 0 aromatic heterocycles. The highest BCUT2D eigenvalue weighted by Gasteiger charge is 2.12. The monoisotopic (exact) mass is 275 g/mol. The van der Waals surface area contributed by atoms with Crippen LogP contribution in [0.3, 0.4) is 0 Å². The zero-order chi connectivity index (χ0) is 15.0. The molecule has 0 heterocycles. The predicted octanol–water partition coefficient (Wildman–Crippen LogP) is 2.71. The van der Waals surface area contributed by atoms with Gasteiger partial charge >= 0.3 is 0 Å². The molecule has 110 valence electrons. The molecule has 0 fully saturated rings. The first-order valence-corrected chi connectivity index (χ1v) is 6.76. The molecule has 0 saturated carbocycles. The Morgan fingerprint density at radius 2 is 2.05 bits per heavy atom. The molecule has 1 aromatic rings. The van der Waals surface area contributed by atoms with Crippen molar-refractivity contribution in [3.8, 4) is 5.75 Å². The number of aliphatic imine (C=N–C) groups is 1. The van der Waals surface area contributed by atoms with Crippen molar-refractivity contribution < 1.29 is 4.74 Å². The van der Waals surface area contributed by atoms with Crippen LogP contribution in [-0.2, 0) is 6.54 Å². The van der Waals surface area contributed by atoms with Crippen molar-refractivity contribution in [1.29, 1.82) is 0 Å². The molecule has 4 nitrogen and oxygen atoms in total. The summed E-state index contributed by atoms with van der Waals surface area (Å²) in [4.78, 5) is 4.22. The molecule has 0 atom stereocenters. The van der Waals surface area contributed by atoms with Gasteiger partial charge in [0.2, 0.25) is 0 Å². The molecular weight excluding hydrogens is 250 g/mol. The van der Waals surface area contributed by atoms with E-state index in [9.17, 15) is 0 Å². The summed E-state index contributed by atoms with van der Waals surface area (Å²) in [6, 6.07) is 7.96. The summed E-state index contributed by atoms with van der Waals surface area (Å²) in [5, 5.41) is 6.61. The number of nitrogens with one attached hydrogen (secondary N) is 2. The lowest BCUT2D eigenvalue weighted by Gasteiger charge is -2.24. The predicted molar refractivity (Wildman–Crippen MR) is 85.2 cm³/mol. The number of nitrogens with zero attached hydrogens (tertiary/aromatic N) is 1. The SMILES string of the molecule is C=CCOc1ccccc1CNC(=NC)NC(C)(C)C. The van der Waals surface area contributed by atoms with Crippen LogP contribution in [0.15, 0.2) is 41.9 Å². The first-order valence-electron chi connectivity index (χ1n) is 6.76. The summed E-state index contributed by atoms with van der Waals surface area (Å²) in [5.41, 5.74) is 1.06. The van der Waals surface area contributed by atoms with Gasteiger partial charge in [-0.3, -0.25) is 4.99 Å². The van der Waals surface area contributed by atoms with E-state index in [4.69, 9.17) is 4.74 Å². The van der Waals surface area contributed by atoms with E-state index >= 15 is 0 Å². The van der Waals surface area contributed by atoms with E-state index in [1.807, 2.05) is 24.3 Å². The van der Waals surface area contributed by atoms with Gasteiger partial charge < -0.3 is 15.4 Å². The van der Waals surface area contributed by atoms with E-state index in [-0.39, 0.29) is 5.54 Å². The van der Waals surface area contributed by atoms with Crippen LogP contribution in [0.5, 0.6) is 5.75 Å². The van der Waals surface area contributed by atoms with Crippen molar-refractivity contribution in [2.75, 3.05) is 13.7 Å². The Balaban J connectivity index is 2.66. The molecule has 0 aliphatic rings. The number of para-hydroxylation sites is 1. The molecule has 0 aliphatic carbocycles. The molecule has 0 spiro atoms. The summed E-state index contributed by atoms with van der Waals surface area (Å²) in [6.45, 7) is 11.1. The second-order valence-corrected chi connectivity index (χ2v) is 5.51. The summed E-state index contributed by atoms with van der Waals surface area (Å²) < 4.78 is 5.63. The zero-order valence-corrected chi connectivity index (χ0v) is 12.9. The fraction of sp³-hybridized carbons (Fsp3) is 0.438. The summed E-state index contributed by atoms with van der Waals surface area (Å²) in [5.74, 6) is 1.64. The van der Waals surface area contributed by atoms with Crippen LogP contribution in [0, 0.1) is 0 Å². The average Bonchev–Trinajstić information content (AvgIpc) is 2.40. The van der Waals surface area contributed by atoms with E-state index in [1.54, 1.807) is 13.1 Å². The zero-order valence-electron chi connectivity index (χ0n) is 12.9. The maximum Gasteiger partial charge on any atom is 0.191 e. The van der Waals surface area contributed by atoms with Crippen molar-refractivity contribution in [1.82, 2.24) is 10.6 Å². The van der Waals surface area contributed by atoms with Crippen molar-refractivity contribution in [3.05, 3.63) is 42.5 Å². The Morgan fingerprint density at radius 3 is 2.65 bits per heavy atom. The lowest BCUT2D eigenvalue weighted by Crippen LogP contribution is -2.47. The van der Waals surface area contributed by atoms with Gasteiger partial charge in [0.15, 0.2) is 5.96 Å². The van der Waals surface area contributed by atoms with Gasteiger partial charge in [0, 0.05) is 24.7 Å². The van der Waals surface area contributed by atoms with Crippen molar-refractivity contribution in [2.45, 2.75) is 32.9 Å². The Bertz CT molecular complexity index is 461. The number of ether oxygens (including phenoxy) is 1. The number of benzene rings is 1. The summed E-state index contributed by atoms with van der Waals surface area (Å²) >= 11 is 0. The minimum Gasteiger partial charge on any atom is -0.489 e. The third kappa shape index (κ3) is 5.78. The van der Waals surface area contributed by atoms with Gasteiger partial charge in [0.25, 0.3) is 0 Å². The van der Waals surface area contributed by atoms with E-state index < -0.39 is 0 Å². The van der Waals surface area contributed by atoms with Crippen LogP contribution < -0.4 is 15.4 Å². The average molecular weight is 275 g/mol. The van der Waals surface area contributed by atoms with Gasteiger partial charge in [-0.15, -0.1) is 0 Å². The summed E-state index contributed by atoms with van der Waals surface area (Å²) in [7, 11) is 1.77. The molecule has 0 saturated heterocycles. The molecule has 1 rings (SSSR count). The highest BCUT2D eigenvalue weighted by Crippen LogP contribution is 2.17. The van der Waals surface area contributed by atoms with Gasteiger partial charge in [-0.2, -0.15) is 0 Å². The number of guanidine groups is 1. The van der Waals surface area contributed by atoms with Crippen LogP contribution in [0.25, 0.3) is 0 Å².